The minimum atomic E-state index is -0.370. The summed E-state index contributed by atoms with van der Waals surface area (Å²) in [6.07, 6.45) is 3.36. The largest absolute Gasteiger partial charge is 0.504 e. The number of piperidine rings is 1. The number of carbonyl (C=O) groups is 1. The average Bonchev–Trinajstić information content (AvgIpc) is 2.39. The van der Waals surface area contributed by atoms with Gasteiger partial charge in [0.1, 0.15) is 0 Å². The third kappa shape index (κ3) is 3.38. The predicted octanol–water partition coefficient (Wildman–Crippen LogP) is 1.36. The molecule has 1 aromatic carbocycles. The van der Waals surface area contributed by atoms with Gasteiger partial charge in [0.2, 0.25) is 0 Å². The summed E-state index contributed by atoms with van der Waals surface area (Å²) in [5.41, 5.74) is 0.101. The van der Waals surface area contributed by atoms with Gasteiger partial charge in [-0.1, -0.05) is 12.5 Å². The second-order valence-corrected chi connectivity index (χ2v) is 5.08. The molecule has 1 aliphatic rings. The molecule has 2 atom stereocenters. The Balaban J connectivity index is 1.92. The fraction of sp³-hybridized carbons (Fsp3) is 0.500. The Morgan fingerprint density at radius 3 is 2.95 bits per heavy atom. The first-order chi connectivity index (χ1) is 9.08. The van der Waals surface area contributed by atoms with Crippen LogP contribution < -0.4 is 10.6 Å². The summed E-state index contributed by atoms with van der Waals surface area (Å²) >= 11 is 0. The lowest BCUT2D eigenvalue weighted by Crippen LogP contribution is -2.47. The molecule has 0 aliphatic carbocycles. The summed E-state index contributed by atoms with van der Waals surface area (Å²) in [7, 11) is 0. The van der Waals surface area contributed by atoms with E-state index in [0.717, 1.165) is 19.3 Å². The van der Waals surface area contributed by atoms with Gasteiger partial charge in [-0.25, -0.2) is 0 Å². The standard InChI is InChI=1S/C14H20N2O3/c1-9-4-2-5-10(16-9)8-15-14(19)11-6-3-7-12(17)13(11)18/h3,6-7,9-10,16-18H,2,4-5,8H2,1H3,(H,15,19). The SMILES string of the molecule is CC1CCCC(CNC(=O)c2cccc(O)c2O)N1. The molecule has 1 aliphatic heterocycles. The molecule has 0 spiro atoms. The molecule has 19 heavy (non-hydrogen) atoms. The molecule has 0 radical (unpaired) electrons. The van der Waals surface area contributed by atoms with E-state index >= 15 is 0 Å². The van der Waals surface area contributed by atoms with Gasteiger partial charge in [0, 0.05) is 18.6 Å². The number of rotatable bonds is 3. The van der Waals surface area contributed by atoms with Crippen molar-refractivity contribution in [2.75, 3.05) is 6.54 Å². The minimum absolute atomic E-state index is 0.101. The van der Waals surface area contributed by atoms with Crippen LogP contribution in [0.1, 0.15) is 36.5 Å². The molecule has 4 N–H and O–H groups in total. The molecule has 1 saturated heterocycles. The molecule has 2 unspecified atom stereocenters. The van der Waals surface area contributed by atoms with Crippen LogP contribution in [0.3, 0.4) is 0 Å². The van der Waals surface area contributed by atoms with E-state index in [9.17, 15) is 15.0 Å². The number of phenols is 2. The Morgan fingerprint density at radius 1 is 1.42 bits per heavy atom. The first kappa shape index (κ1) is 13.7. The lowest BCUT2D eigenvalue weighted by molar-refractivity contribution is 0.0943. The summed E-state index contributed by atoms with van der Waals surface area (Å²) < 4.78 is 0. The van der Waals surface area contributed by atoms with Gasteiger partial charge in [-0.3, -0.25) is 4.79 Å². The first-order valence-corrected chi connectivity index (χ1v) is 6.63. The van der Waals surface area contributed by atoms with Crippen molar-refractivity contribution in [3.8, 4) is 11.5 Å². The van der Waals surface area contributed by atoms with Crippen molar-refractivity contribution in [1.82, 2.24) is 10.6 Å². The van der Waals surface area contributed by atoms with E-state index in [2.05, 4.69) is 17.6 Å². The lowest BCUT2D eigenvalue weighted by atomic mass is 9.99. The molecule has 5 nitrogen and oxygen atoms in total. The maximum Gasteiger partial charge on any atom is 0.255 e. The van der Waals surface area contributed by atoms with Crippen molar-refractivity contribution >= 4 is 5.91 Å². The van der Waals surface area contributed by atoms with Crippen LogP contribution in [0.4, 0.5) is 0 Å². The van der Waals surface area contributed by atoms with Gasteiger partial charge < -0.3 is 20.8 Å². The second-order valence-electron chi connectivity index (χ2n) is 5.08. The van der Waals surface area contributed by atoms with Gasteiger partial charge in [-0.05, 0) is 31.9 Å². The number of hydrogen-bond acceptors (Lipinski definition) is 4. The molecule has 0 bridgehead atoms. The predicted molar refractivity (Wildman–Crippen MR) is 72.3 cm³/mol. The zero-order valence-electron chi connectivity index (χ0n) is 11.0. The van der Waals surface area contributed by atoms with Crippen LogP contribution in [0, 0.1) is 0 Å². The Hall–Kier alpha value is -1.75. The maximum atomic E-state index is 11.9. The van der Waals surface area contributed by atoms with Crippen LogP contribution in [0.25, 0.3) is 0 Å². The summed E-state index contributed by atoms with van der Waals surface area (Å²) in [6, 6.07) is 5.11. The normalized spacial score (nSPS) is 23.0. The van der Waals surface area contributed by atoms with E-state index in [4.69, 9.17) is 0 Å². The van der Waals surface area contributed by atoms with Gasteiger partial charge >= 0.3 is 0 Å². The quantitative estimate of drug-likeness (QED) is 0.621. The highest BCUT2D eigenvalue weighted by Gasteiger charge is 2.19. The summed E-state index contributed by atoms with van der Waals surface area (Å²) in [5.74, 6) is -1.02. The average molecular weight is 264 g/mol. The molecule has 104 valence electrons. The fourth-order valence-electron chi connectivity index (χ4n) is 2.43. The molecule has 1 heterocycles. The highest BCUT2D eigenvalue weighted by Crippen LogP contribution is 2.27. The molecule has 1 amide bonds. The maximum absolute atomic E-state index is 11.9. The highest BCUT2D eigenvalue weighted by molar-refractivity contribution is 5.97. The zero-order chi connectivity index (χ0) is 13.8. The van der Waals surface area contributed by atoms with Crippen LogP contribution in [-0.2, 0) is 0 Å². The number of hydrogen-bond donors (Lipinski definition) is 4. The van der Waals surface area contributed by atoms with Crippen molar-refractivity contribution in [2.24, 2.45) is 0 Å². The number of para-hydroxylation sites is 1. The van der Waals surface area contributed by atoms with Gasteiger partial charge in [0.05, 0.1) is 5.56 Å². The summed E-state index contributed by atoms with van der Waals surface area (Å²) in [5, 5.41) is 25.2. The van der Waals surface area contributed by atoms with Crippen molar-refractivity contribution in [3.05, 3.63) is 23.8 Å². The summed E-state index contributed by atoms with van der Waals surface area (Å²) in [6.45, 7) is 2.66. The molecule has 1 fully saturated rings. The number of benzene rings is 1. The van der Waals surface area contributed by atoms with E-state index in [1.165, 1.54) is 18.2 Å². The van der Waals surface area contributed by atoms with Crippen molar-refractivity contribution in [3.63, 3.8) is 0 Å². The molecule has 5 heteroatoms. The summed E-state index contributed by atoms with van der Waals surface area (Å²) in [4.78, 5) is 11.9. The smallest absolute Gasteiger partial charge is 0.255 e. The molecule has 0 aromatic heterocycles. The van der Waals surface area contributed by atoms with Crippen LogP contribution in [0.5, 0.6) is 11.5 Å². The number of aromatic hydroxyl groups is 2. The van der Waals surface area contributed by atoms with Crippen molar-refractivity contribution in [2.45, 2.75) is 38.3 Å². The van der Waals surface area contributed by atoms with Crippen molar-refractivity contribution in [1.29, 1.82) is 0 Å². The topological polar surface area (TPSA) is 81.6 Å². The second kappa shape index (κ2) is 5.93. The third-order valence-corrected chi connectivity index (χ3v) is 3.48. The van der Waals surface area contributed by atoms with Crippen LogP contribution in [0.2, 0.25) is 0 Å². The van der Waals surface area contributed by atoms with E-state index in [1.807, 2.05) is 0 Å². The number of phenolic OH excluding ortho intramolecular Hbond substituents is 2. The van der Waals surface area contributed by atoms with Gasteiger partial charge in [0.25, 0.3) is 5.91 Å². The number of nitrogens with one attached hydrogen (secondary N) is 2. The molecular weight excluding hydrogens is 244 g/mol. The minimum Gasteiger partial charge on any atom is -0.504 e. The van der Waals surface area contributed by atoms with Gasteiger partial charge in [0.15, 0.2) is 11.5 Å². The van der Waals surface area contributed by atoms with Crippen LogP contribution in [-0.4, -0.2) is 34.7 Å². The van der Waals surface area contributed by atoms with Crippen LogP contribution in [0.15, 0.2) is 18.2 Å². The lowest BCUT2D eigenvalue weighted by Gasteiger charge is -2.28. The highest BCUT2D eigenvalue weighted by atomic mass is 16.3. The van der Waals surface area contributed by atoms with E-state index < -0.39 is 0 Å². The molecule has 1 aromatic rings. The monoisotopic (exact) mass is 264 g/mol. The van der Waals surface area contributed by atoms with Crippen LogP contribution >= 0.6 is 0 Å². The molecule has 0 saturated carbocycles. The van der Waals surface area contributed by atoms with E-state index in [0.29, 0.717) is 12.6 Å². The first-order valence-electron chi connectivity index (χ1n) is 6.63. The zero-order valence-corrected chi connectivity index (χ0v) is 11.0. The molecular formula is C14H20N2O3. The number of amides is 1. The fourth-order valence-corrected chi connectivity index (χ4v) is 2.43. The van der Waals surface area contributed by atoms with Gasteiger partial charge in [-0.15, -0.1) is 0 Å². The molecule has 2 rings (SSSR count). The van der Waals surface area contributed by atoms with E-state index in [1.54, 1.807) is 0 Å². The Morgan fingerprint density at radius 2 is 2.21 bits per heavy atom. The third-order valence-electron chi connectivity index (χ3n) is 3.48. The Labute approximate surface area is 112 Å². The van der Waals surface area contributed by atoms with E-state index in [-0.39, 0.29) is 29.0 Å². The Kier molecular flexibility index (Phi) is 4.27. The van der Waals surface area contributed by atoms with Crippen molar-refractivity contribution < 1.29 is 15.0 Å². The number of carbonyl (C=O) groups excluding carboxylic acids is 1. The Bertz CT molecular complexity index is 462. The van der Waals surface area contributed by atoms with Gasteiger partial charge in [-0.2, -0.15) is 0 Å².